The van der Waals surface area contributed by atoms with Crippen LogP contribution in [0.5, 0.6) is 0 Å². The molecule has 0 aliphatic carbocycles. The maximum absolute atomic E-state index is 5.83. The summed E-state index contributed by atoms with van der Waals surface area (Å²) in [5, 5.41) is 3.04. The first kappa shape index (κ1) is 19.0. The van der Waals surface area contributed by atoms with Gasteiger partial charge in [-0.1, -0.05) is 55.8 Å². The molecule has 0 radical (unpaired) electrons. The van der Waals surface area contributed by atoms with E-state index in [-0.39, 0.29) is 29.4 Å². The Labute approximate surface area is 139 Å². The van der Waals surface area contributed by atoms with Crippen LogP contribution in [0.3, 0.4) is 0 Å². The normalized spacial score (nSPS) is 11.7. The predicted molar refractivity (Wildman–Crippen MR) is 98.9 cm³/mol. The minimum absolute atomic E-state index is 0. The monoisotopic (exact) mass is 387 g/mol. The Kier molecular flexibility index (Phi) is 7.86. The largest absolute Gasteiger partial charge is 0.370 e. The van der Waals surface area contributed by atoms with Gasteiger partial charge in [-0.2, -0.15) is 0 Å². The Morgan fingerprint density at radius 3 is 2.35 bits per heavy atom. The van der Waals surface area contributed by atoms with Crippen LogP contribution in [0.4, 0.5) is 0 Å². The number of hydrogen-bond acceptors (Lipinski definition) is 1. The summed E-state index contributed by atoms with van der Waals surface area (Å²) in [5.74, 6) is 0.475. The molecule has 3 N–H and O–H groups in total. The summed E-state index contributed by atoms with van der Waals surface area (Å²) in [5.41, 5.74) is 9.38. The van der Waals surface area contributed by atoms with Gasteiger partial charge in [-0.3, -0.25) is 4.99 Å². The summed E-state index contributed by atoms with van der Waals surface area (Å²) >= 11 is 0. The first-order valence-electron chi connectivity index (χ1n) is 6.56. The maximum Gasteiger partial charge on any atom is 0.188 e. The van der Waals surface area contributed by atoms with E-state index in [9.17, 15) is 0 Å². The van der Waals surface area contributed by atoms with Gasteiger partial charge in [0.05, 0.1) is 6.54 Å². The number of rotatable bonds is 5. The average molecular weight is 387 g/mol. The number of aliphatic imine (C=N–C) groups is 1. The molecule has 0 saturated carbocycles. The van der Waals surface area contributed by atoms with Crippen molar-refractivity contribution in [2.45, 2.75) is 33.1 Å². The molecule has 1 rings (SSSR count). The molecule has 0 bridgehead atoms. The zero-order chi connectivity index (χ0) is 14.5. The van der Waals surface area contributed by atoms with Gasteiger partial charge >= 0.3 is 0 Å². The minimum Gasteiger partial charge on any atom is -0.370 e. The highest BCUT2D eigenvalue weighted by Gasteiger charge is 2.19. The molecule has 0 fully saturated rings. The lowest BCUT2D eigenvalue weighted by molar-refractivity contribution is 0.539. The summed E-state index contributed by atoms with van der Waals surface area (Å²) < 4.78 is 0. The minimum atomic E-state index is -0.0246. The van der Waals surface area contributed by atoms with Gasteiger partial charge in [0.15, 0.2) is 5.96 Å². The van der Waals surface area contributed by atoms with Crippen molar-refractivity contribution in [2.24, 2.45) is 10.7 Å². The van der Waals surface area contributed by atoms with Crippen molar-refractivity contribution in [2.75, 3.05) is 13.1 Å². The van der Waals surface area contributed by atoms with Crippen LogP contribution in [0.25, 0.3) is 0 Å². The van der Waals surface area contributed by atoms with E-state index in [2.05, 4.69) is 61.9 Å². The fourth-order valence-electron chi connectivity index (χ4n) is 1.68. The fraction of sp³-hybridized carbons (Fsp3) is 0.438. The summed E-state index contributed by atoms with van der Waals surface area (Å²) in [6.07, 6.45) is 0. The average Bonchev–Trinajstić information content (AvgIpc) is 2.34. The summed E-state index contributed by atoms with van der Waals surface area (Å²) in [7, 11) is 0. The van der Waals surface area contributed by atoms with Gasteiger partial charge in [0.2, 0.25) is 0 Å². The molecule has 1 aromatic rings. The Balaban J connectivity index is 0.00000361. The topological polar surface area (TPSA) is 50.4 Å². The highest BCUT2D eigenvalue weighted by molar-refractivity contribution is 14.0. The number of nitrogens with zero attached hydrogens (tertiary/aromatic N) is 1. The van der Waals surface area contributed by atoms with Crippen molar-refractivity contribution in [1.29, 1.82) is 0 Å². The molecule has 112 valence electrons. The highest BCUT2D eigenvalue weighted by Crippen LogP contribution is 2.23. The second-order valence-electron chi connectivity index (χ2n) is 5.76. The third-order valence-electron chi connectivity index (χ3n) is 3.05. The number of hydrogen-bond donors (Lipinski definition) is 2. The number of guanidine groups is 1. The lowest BCUT2D eigenvalue weighted by Gasteiger charge is -2.23. The zero-order valence-electron chi connectivity index (χ0n) is 12.9. The molecule has 3 nitrogen and oxygen atoms in total. The van der Waals surface area contributed by atoms with Crippen molar-refractivity contribution < 1.29 is 0 Å². The number of nitrogens with one attached hydrogen (secondary N) is 1. The lowest BCUT2D eigenvalue weighted by Crippen LogP contribution is -2.34. The molecule has 0 aromatic heterocycles. The quantitative estimate of drug-likeness (QED) is 0.352. The Bertz CT molecular complexity index is 461. The molecule has 0 heterocycles. The van der Waals surface area contributed by atoms with Crippen LogP contribution in [-0.2, 0) is 5.41 Å². The number of aryl methyl sites for hydroxylation is 1. The van der Waals surface area contributed by atoms with Gasteiger partial charge in [0, 0.05) is 12.0 Å². The summed E-state index contributed by atoms with van der Waals surface area (Å²) in [6.45, 7) is 13.5. The number of nitrogens with two attached hydrogens (primary N) is 1. The molecule has 0 atom stereocenters. The van der Waals surface area contributed by atoms with E-state index in [4.69, 9.17) is 5.73 Å². The molecule has 4 heteroatoms. The van der Waals surface area contributed by atoms with Gasteiger partial charge in [-0.15, -0.1) is 24.0 Å². The van der Waals surface area contributed by atoms with Crippen LogP contribution >= 0.6 is 24.0 Å². The third kappa shape index (κ3) is 6.41. The van der Waals surface area contributed by atoms with E-state index in [1.54, 1.807) is 0 Å². The molecular formula is C16H26IN3. The van der Waals surface area contributed by atoms with Crippen molar-refractivity contribution in [3.8, 4) is 0 Å². The van der Waals surface area contributed by atoms with Crippen LogP contribution in [-0.4, -0.2) is 19.0 Å². The molecule has 0 saturated heterocycles. The fourth-order valence-corrected chi connectivity index (χ4v) is 1.68. The van der Waals surface area contributed by atoms with E-state index in [1.165, 1.54) is 11.1 Å². The predicted octanol–water partition coefficient (Wildman–Crippen LogP) is 3.37. The van der Waals surface area contributed by atoms with E-state index in [0.29, 0.717) is 19.0 Å². The van der Waals surface area contributed by atoms with Gasteiger partial charge in [-0.25, -0.2) is 0 Å². The molecule has 0 aliphatic rings. The van der Waals surface area contributed by atoms with Gasteiger partial charge < -0.3 is 11.1 Å². The van der Waals surface area contributed by atoms with Crippen LogP contribution in [0.2, 0.25) is 0 Å². The molecular weight excluding hydrogens is 361 g/mol. The molecule has 0 unspecified atom stereocenters. The smallest absolute Gasteiger partial charge is 0.188 e. The first-order chi connectivity index (χ1) is 8.81. The standard InChI is InChI=1S/C16H25N3.HI/c1-12(2)10-18-15(17)19-11-16(4,5)14-8-6-13(3)7-9-14;/h6-9H,1,10-11H2,2-5H3,(H3,17,18,19);1H. The van der Waals surface area contributed by atoms with E-state index < -0.39 is 0 Å². The van der Waals surface area contributed by atoms with Crippen LogP contribution in [0, 0.1) is 6.92 Å². The molecule has 1 aromatic carbocycles. The van der Waals surface area contributed by atoms with Crippen molar-refractivity contribution in [1.82, 2.24) is 5.32 Å². The lowest BCUT2D eigenvalue weighted by atomic mass is 9.84. The van der Waals surface area contributed by atoms with Gasteiger partial charge in [0.25, 0.3) is 0 Å². The van der Waals surface area contributed by atoms with Crippen molar-refractivity contribution >= 4 is 29.9 Å². The van der Waals surface area contributed by atoms with E-state index in [1.807, 2.05) is 6.92 Å². The van der Waals surface area contributed by atoms with E-state index in [0.717, 1.165) is 5.57 Å². The molecule has 0 spiro atoms. The third-order valence-corrected chi connectivity index (χ3v) is 3.05. The first-order valence-corrected chi connectivity index (χ1v) is 6.56. The Hall–Kier alpha value is -1.04. The SMILES string of the molecule is C=C(C)CNC(N)=NCC(C)(C)c1ccc(C)cc1.I. The van der Waals surface area contributed by atoms with Gasteiger partial charge in [0.1, 0.15) is 0 Å². The van der Waals surface area contributed by atoms with Crippen molar-refractivity contribution in [3.05, 3.63) is 47.5 Å². The van der Waals surface area contributed by atoms with Crippen LogP contribution in [0.15, 0.2) is 41.4 Å². The van der Waals surface area contributed by atoms with Crippen LogP contribution < -0.4 is 11.1 Å². The van der Waals surface area contributed by atoms with Gasteiger partial charge in [-0.05, 0) is 19.4 Å². The Morgan fingerprint density at radius 1 is 1.30 bits per heavy atom. The number of benzene rings is 1. The molecule has 0 aliphatic heterocycles. The maximum atomic E-state index is 5.83. The van der Waals surface area contributed by atoms with E-state index >= 15 is 0 Å². The molecule has 20 heavy (non-hydrogen) atoms. The van der Waals surface area contributed by atoms with Crippen LogP contribution in [0.1, 0.15) is 31.9 Å². The highest BCUT2D eigenvalue weighted by atomic mass is 127. The molecule has 0 amide bonds. The zero-order valence-corrected chi connectivity index (χ0v) is 15.2. The summed E-state index contributed by atoms with van der Waals surface area (Å²) in [6, 6.07) is 8.57. The Morgan fingerprint density at radius 2 is 1.85 bits per heavy atom. The second-order valence-corrected chi connectivity index (χ2v) is 5.76. The number of halogens is 1. The van der Waals surface area contributed by atoms with Crippen molar-refractivity contribution in [3.63, 3.8) is 0 Å². The summed E-state index contributed by atoms with van der Waals surface area (Å²) in [4.78, 5) is 4.41. The second kappa shape index (κ2) is 8.29.